The summed E-state index contributed by atoms with van der Waals surface area (Å²) in [7, 11) is -3.60. The Bertz CT molecular complexity index is 511. The predicted molar refractivity (Wildman–Crippen MR) is 75.5 cm³/mol. The summed E-state index contributed by atoms with van der Waals surface area (Å²) < 4.78 is 29.2. The molecule has 1 aromatic carbocycles. The van der Waals surface area contributed by atoms with E-state index in [0.29, 0.717) is 0 Å². The molecule has 1 fully saturated rings. The van der Waals surface area contributed by atoms with Crippen LogP contribution in [0.4, 0.5) is 0 Å². The topological polar surface area (TPSA) is 43.4 Å². The first-order chi connectivity index (χ1) is 8.91. The predicted octanol–water partition coefficient (Wildman–Crippen LogP) is 3.67. The minimum Gasteiger partial charge on any atom is -0.266 e. The van der Waals surface area contributed by atoms with Crippen LogP contribution in [0.2, 0.25) is 0 Å². The lowest BCUT2D eigenvalue weighted by Gasteiger charge is -2.22. The molecule has 2 rings (SSSR count). The third-order valence-corrected chi connectivity index (χ3v) is 5.39. The van der Waals surface area contributed by atoms with Gasteiger partial charge in [-0.3, -0.25) is 4.18 Å². The zero-order valence-corrected chi connectivity index (χ0v) is 12.5. The van der Waals surface area contributed by atoms with E-state index < -0.39 is 10.1 Å². The molecule has 19 heavy (non-hydrogen) atoms. The molecule has 0 aromatic heterocycles. The van der Waals surface area contributed by atoms with E-state index in [0.717, 1.165) is 12.0 Å². The van der Waals surface area contributed by atoms with Crippen molar-refractivity contribution in [1.29, 1.82) is 0 Å². The summed E-state index contributed by atoms with van der Waals surface area (Å²) in [5.74, 6) is 0. The monoisotopic (exact) mass is 282 g/mol. The number of rotatable bonds is 5. The lowest BCUT2D eigenvalue weighted by Crippen LogP contribution is -2.16. The summed E-state index contributed by atoms with van der Waals surface area (Å²) in [5, 5.41) is 0. The van der Waals surface area contributed by atoms with Gasteiger partial charge in [0, 0.05) is 0 Å². The first-order valence-electron chi connectivity index (χ1n) is 6.87. The summed E-state index contributed by atoms with van der Waals surface area (Å²) in [4.78, 5) is 0.245. The molecule has 0 radical (unpaired) electrons. The van der Waals surface area contributed by atoms with E-state index in [1.807, 2.05) is 6.92 Å². The molecule has 1 saturated carbocycles. The van der Waals surface area contributed by atoms with Crippen molar-refractivity contribution in [2.75, 3.05) is 6.61 Å². The molecule has 0 spiro atoms. The number of hydrogen-bond acceptors (Lipinski definition) is 3. The molecule has 4 heteroatoms. The number of aryl methyl sites for hydroxylation is 1. The van der Waals surface area contributed by atoms with Crippen LogP contribution in [0, 0.1) is 12.3 Å². The van der Waals surface area contributed by atoms with Crippen molar-refractivity contribution in [2.45, 2.75) is 50.8 Å². The van der Waals surface area contributed by atoms with Gasteiger partial charge in [0.1, 0.15) is 0 Å². The van der Waals surface area contributed by atoms with Gasteiger partial charge in [0.25, 0.3) is 10.1 Å². The van der Waals surface area contributed by atoms with Gasteiger partial charge in [0.15, 0.2) is 0 Å². The van der Waals surface area contributed by atoms with Crippen molar-refractivity contribution in [2.24, 2.45) is 5.41 Å². The lowest BCUT2D eigenvalue weighted by atomic mass is 9.86. The first-order valence-corrected chi connectivity index (χ1v) is 8.28. The zero-order valence-electron chi connectivity index (χ0n) is 11.7. The molecule has 0 unspecified atom stereocenters. The van der Waals surface area contributed by atoms with Gasteiger partial charge in [-0.15, -0.1) is 0 Å². The summed E-state index contributed by atoms with van der Waals surface area (Å²) in [6, 6.07) is 6.77. The summed E-state index contributed by atoms with van der Waals surface area (Å²) >= 11 is 0. The lowest BCUT2D eigenvalue weighted by molar-refractivity contribution is 0.220. The quantitative estimate of drug-likeness (QED) is 0.774. The molecular formula is C15H22O3S. The van der Waals surface area contributed by atoms with E-state index in [9.17, 15) is 8.42 Å². The molecule has 1 aliphatic carbocycles. The molecule has 0 atom stereocenters. The van der Waals surface area contributed by atoms with Crippen molar-refractivity contribution >= 4 is 10.1 Å². The second kappa shape index (κ2) is 5.63. The molecule has 1 aliphatic rings. The van der Waals surface area contributed by atoms with Crippen LogP contribution >= 0.6 is 0 Å². The van der Waals surface area contributed by atoms with Gasteiger partial charge in [0.2, 0.25) is 0 Å². The molecule has 3 nitrogen and oxygen atoms in total. The van der Waals surface area contributed by atoms with E-state index in [-0.39, 0.29) is 16.9 Å². The van der Waals surface area contributed by atoms with Gasteiger partial charge in [-0.2, -0.15) is 8.42 Å². The van der Waals surface area contributed by atoms with Crippen LogP contribution in [0.15, 0.2) is 29.2 Å². The maximum atomic E-state index is 12.0. The molecule has 106 valence electrons. The van der Waals surface area contributed by atoms with Gasteiger partial charge in [-0.25, -0.2) is 0 Å². The van der Waals surface area contributed by atoms with Crippen molar-refractivity contribution in [3.05, 3.63) is 29.8 Å². The molecule has 0 saturated heterocycles. The highest BCUT2D eigenvalue weighted by Gasteiger charge is 2.29. The Balaban J connectivity index is 1.92. The fourth-order valence-corrected chi connectivity index (χ4v) is 3.56. The largest absolute Gasteiger partial charge is 0.296 e. The third-order valence-electron chi connectivity index (χ3n) is 4.06. The molecule has 0 amide bonds. The maximum Gasteiger partial charge on any atom is 0.296 e. The first kappa shape index (κ1) is 14.5. The highest BCUT2D eigenvalue weighted by atomic mass is 32.2. The van der Waals surface area contributed by atoms with E-state index in [1.165, 1.54) is 25.7 Å². The molecule has 1 aromatic rings. The molecular weight excluding hydrogens is 260 g/mol. The Morgan fingerprint density at radius 2 is 1.74 bits per heavy atom. The standard InChI is InChI=1S/C15H22O3S/c1-13-5-7-14(8-6-13)19(16,17)18-12-11-15(2)9-3-4-10-15/h5-8H,3-4,9-12H2,1-2H3. The highest BCUT2D eigenvalue weighted by molar-refractivity contribution is 7.86. The second-order valence-electron chi connectivity index (χ2n) is 5.86. The Morgan fingerprint density at radius 3 is 2.32 bits per heavy atom. The Hall–Kier alpha value is -0.870. The van der Waals surface area contributed by atoms with Crippen molar-refractivity contribution in [3.8, 4) is 0 Å². The van der Waals surface area contributed by atoms with Crippen LogP contribution in [-0.2, 0) is 14.3 Å². The molecule has 0 bridgehead atoms. The molecule has 0 N–H and O–H groups in total. The van der Waals surface area contributed by atoms with Crippen LogP contribution in [-0.4, -0.2) is 15.0 Å². The highest BCUT2D eigenvalue weighted by Crippen LogP contribution is 2.40. The summed E-state index contributed by atoms with van der Waals surface area (Å²) in [5.41, 5.74) is 1.31. The average molecular weight is 282 g/mol. The number of hydrogen-bond donors (Lipinski definition) is 0. The van der Waals surface area contributed by atoms with Crippen molar-refractivity contribution in [1.82, 2.24) is 0 Å². The summed E-state index contributed by atoms with van der Waals surface area (Å²) in [6.45, 7) is 4.44. The normalized spacial score (nSPS) is 18.6. The van der Waals surface area contributed by atoms with Crippen LogP contribution in [0.5, 0.6) is 0 Å². The fourth-order valence-electron chi connectivity index (χ4n) is 2.65. The van der Waals surface area contributed by atoms with E-state index >= 15 is 0 Å². The average Bonchev–Trinajstić information content (AvgIpc) is 2.76. The smallest absolute Gasteiger partial charge is 0.266 e. The summed E-state index contributed by atoms with van der Waals surface area (Å²) in [6.07, 6.45) is 5.68. The van der Waals surface area contributed by atoms with Gasteiger partial charge in [-0.05, 0) is 43.7 Å². The van der Waals surface area contributed by atoms with Crippen LogP contribution in [0.25, 0.3) is 0 Å². The minimum absolute atomic E-state index is 0.245. The second-order valence-corrected chi connectivity index (χ2v) is 7.47. The SMILES string of the molecule is Cc1ccc(S(=O)(=O)OCCC2(C)CCCC2)cc1. The Morgan fingerprint density at radius 1 is 1.16 bits per heavy atom. The number of benzene rings is 1. The van der Waals surface area contributed by atoms with E-state index in [4.69, 9.17) is 4.18 Å². The van der Waals surface area contributed by atoms with Gasteiger partial charge < -0.3 is 0 Å². The zero-order chi connectivity index (χ0) is 13.9. The van der Waals surface area contributed by atoms with Crippen molar-refractivity contribution < 1.29 is 12.6 Å². The van der Waals surface area contributed by atoms with Crippen LogP contribution in [0.3, 0.4) is 0 Å². The fraction of sp³-hybridized carbons (Fsp3) is 0.600. The van der Waals surface area contributed by atoms with Crippen LogP contribution in [0.1, 0.15) is 44.6 Å². The molecule has 0 heterocycles. The van der Waals surface area contributed by atoms with E-state index in [1.54, 1.807) is 24.3 Å². The molecule has 0 aliphatic heterocycles. The maximum absolute atomic E-state index is 12.0. The Labute approximate surface area is 116 Å². The van der Waals surface area contributed by atoms with Gasteiger partial charge in [-0.1, -0.05) is 37.5 Å². The van der Waals surface area contributed by atoms with Gasteiger partial charge >= 0.3 is 0 Å². The third kappa shape index (κ3) is 3.80. The van der Waals surface area contributed by atoms with Crippen molar-refractivity contribution in [3.63, 3.8) is 0 Å². The van der Waals surface area contributed by atoms with Crippen LogP contribution < -0.4 is 0 Å². The van der Waals surface area contributed by atoms with Gasteiger partial charge in [0.05, 0.1) is 11.5 Å². The minimum atomic E-state index is -3.60. The van der Waals surface area contributed by atoms with E-state index in [2.05, 4.69) is 6.92 Å². The Kier molecular flexibility index (Phi) is 4.31.